The Morgan fingerprint density at radius 2 is 2.00 bits per heavy atom. The lowest BCUT2D eigenvalue weighted by Gasteiger charge is -2.32. The Bertz CT molecular complexity index is 694. The van der Waals surface area contributed by atoms with E-state index in [9.17, 15) is 9.18 Å². The number of piperidine rings is 1. The molecule has 1 aromatic carbocycles. The molecule has 1 aromatic heterocycles. The van der Waals surface area contributed by atoms with Crippen LogP contribution in [0.1, 0.15) is 18.4 Å². The predicted octanol–water partition coefficient (Wildman–Crippen LogP) is 2.88. The van der Waals surface area contributed by atoms with E-state index in [-0.39, 0.29) is 18.0 Å². The fraction of sp³-hybridized carbons (Fsp3) is 0.353. The molecule has 24 heavy (non-hydrogen) atoms. The normalized spacial score (nSPS) is 17.6. The Labute approximate surface area is 144 Å². The second kappa shape index (κ2) is 7.57. The minimum atomic E-state index is -0.509. The van der Waals surface area contributed by atoms with Crippen LogP contribution in [-0.4, -0.2) is 40.0 Å². The summed E-state index contributed by atoms with van der Waals surface area (Å²) < 4.78 is 18.5. The third-order valence-corrected chi connectivity index (χ3v) is 4.12. The van der Waals surface area contributed by atoms with Crippen LogP contribution >= 0.6 is 11.6 Å². The summed E-state index contributed by atoms with van der Waals surface area (Å²) in [7, 11) is 0. The summed E-state index contributed by atoms with van der Waals surface area (Å²) in [5.74, 6) is -0.462. The Morgan fingerprint density at radius 1 is 1.29 bits per heavy atom. The van der Waals surface area contributed by atoms with Gasteiger partial charge in [0.25, 0.3) is 0 Å². The van der Waals surface area contributed by atoms with Crippen LogP contribution in [0.15, 0.2) is 36.7 Å². The smallest absolute Gasteiger partial charge is 0.316 e. The van der Waals surface area contributed by atoms with Crippen molar-refractivity contribution in [3.8, 4) is 6.01 Å². The molecule has 0 saturated carbocycles. The molecule has 1 aliphatic rings. The van der Waals surface area contributed by atoms with Crippen LogP contribution in [0.25, 0.3) is 0 Å². The van der Waals surface area contributed by atoms with Gasteiger partial charge in [-0.15, -0.1) is 0 Å². The molecule has 2 heterocycles. The van der Waals surface area contributed by atoms with Crippen LogP contribution in [0.5, 0.6) is 6.01 Å². The molecule has 1 saturated heterocycles. The number of benzene rings is 1. The number of rotatable bonds is 4. The molecule has 2 aromatic rings. The molecule has 5 nitrogen and oxygen atoms in total. The van der Waals surface area contributed by atoms with Crippen LogP contribution in [-0.2, 0) is 11.2 Å². The molecule has 1 aliphatic heterocycles. The number of aromatic nitrogens is 2. The van der Waals surface area contributed by atoms with Gasteiger partial charge in [-0.05, 0) is 30.5 Å². The summed E-state index contributed by atoms with van der Waals surface area (Å²) in [5.41, 5.74) is 0.925. The SMILES string of the molecule is O=C(Cc1ccc(Cl)cc1)N1CCCC(Oc2ncc(F)cn2)C1. The average molecular weight is 350 g/mol. The number of carbonyl (C=O) groups excluding carboxylic acids is 1. The van der Waals surface area contributed by atoms with Crippen LogP contribution in [0.4, 0.5) is 4.39 Å². The summed E-state index contributed by atoms with van der Waals surface area (Å²) in [6.45, 7) is 1.18. The summed E-state index contributed by atoms with van der Waals surface area (Å²) in [4.78, 5) is 21.8. The Balaban J connectivity index is 1.57. The summed E-state index contributed by atoms with van der Waals surface area (Å²) >= 11 is 5.86. The van der Waals surface area contributed by atoms with Crippen molar-refractivity contribution in [3.05, 3.63) is 53.1 Å². The summed E-state index contributed by atoms with van der Waals surface area (Å²) in [6, 6.07) is 7.39. The van der Waals surface area contributed by atoms with E-state index in [1.165, 1.54) is 0 Å². The van der Waals surface area contributed by atoms with Crippen molar-refractivity contribution >= 4 is 17.5 Å². The van der Waals surface area contributed by atoms with Crippen molar-refractivity contribution < 1.29 is 13.9 Å². The molecule has 126 valence electrons. The van der Waals surface area contributed by atoms with Gasteiger partial charge < -0.3 is 9.64 Å². The maximum absolute atomic E-state index is 12.8. The first kappa shape index (κ1) is 16.6. The van der Waals surface area contributed by atoms with Crippen molar-refractivity contribution in [2.24, 2.45) is 0 Å². The van der Waals surface area contributed by atoms with E-state index in [0.717, 1.165) is 30.8 Å². The number of halogens is 2. The van der Waals surface area contributed by atoms with E-state index in [1.54, 1.807) is 17.0 Å². The quantitative estimate of drug-likeness (QED) is 0.851. The van der Waals surface area contributed by atoms with E-state index in [4.69, 9.17) is 16.3 Å². The van der Waals surface area contributed by atoms with Gasteiger partial charge in [0.2, 0.25) is 5.91 Å². The standard InChI is InChI=1S/C17H17ClFN3O2/c18-13-5-3-12(4-6-13)8-16(23)22-7-1-2-15(11-22)24-17-20-9-14(19)10-21-17/h3-6,9-10,15H,1-2,7-8,11H2. The number of nitrogens with zero attached hydrogens (tertiary/aromatic N) is 3. The zero-order chi connectivity index (χ0) is 16.9. The van der Waals surface area contributed by atoms with Crippen LogP contribution < -0.4 is 4.74 Å². The summed E-state index contributed by atoms with van der Waals surface area (Å²) in [5, 5.41) is 0.650. The lowest BCUT2D eigenvalue weighted by molar-refractivity contribution is -0.133. The minimum Gasteiger partial charge on any atom is -0.458 e. The highest BCUT2D eigenvalue weighted by Gasteiger charge is 2.25. The van der Waals surface area contributed by atoms with Crippen molar-refractivity contribution in [3.63, 3.8) is 0 Å². The average Bonchev–Trinajstić information content (AvgIpc) is 2.59. The molecule has 0 bridgehead atoms. The maximum atomic E-state index is 12.8. The third-order valence-electron chi connectivity index (χ3n) is 3.87. The second-order valence-corrected chi connectivity index (χ2v) is 6.15. The Kier molecular flexibility index (Phi) is 5.25. The van der Waals surface area contributed by atoms with E-state index < -0.39 is 5.82 Å². The molecule has 1 amide bonds. The predicted molar refractivity (Wildman–Crippen MR) is 87.4 cm³/mol. The van der Waals surface area contributed by atoms with E-state index in [2.05, 4.69) is 9.97 Å². The lowest BCUT2D eigenvalue weighted by atomic mass is 10.1. The molecule has 3 rings (SSSR count). The van der Waals surface area contributed by atoms with Gasteiger partial charge >= 0.3 is 6.01 Å². The largest absolute Gasteiger partial charge is 0.458 e. The van der Waals surface area contributed by atoms with Crippen molar-refractivity contribution in [1.82, 2.24) is 14.9 Å². The molecule has 0 N–H and O–H groups in total. The van der Waals surface area contributed by atoms with E-state index >= 15 is 0 Å². The highest BCUT2D eigenvalue weighted by Crippen LogP contribution is 2.17. The Hall–Kier alpha value is -2.21. The number of carbonyl (C=O) groups is 1. The van der Waals surface area contributed by atoms with Crippen molar-refractivity contribution in [1.29, 1.82) is 0 Å². The van der Waals surface area contributed by atoms with Gasteiger partial charge in [0.15, 0.2) is 5.82 Å². The second-order valence-electron chi connectivity index (χ2n) is 5.71. The van der Waals surface area contributed by atoms with Gasteiger partial charge in [-0.25, -0.2) is 14.4 Å². The number of ether oxygens (including phenoxy) is 1. The Morgan fingerprint density at radius 3 is 2.71 bits per heavy atom. The van der Waals surface area contributed by atoms with Crippen LogP contribution in [0.3, 0.4) is 0 Å². The van der Waals surface area contributed by atoms with Gasteiger partial charge in [0.05, 0.1) is 25.4 Å². The van der Waals surface area contributed by atoms with E-state index in [1.807, 2.05) is 12.1 Å². The van der Waals surface area contributed by atoms with Crippen molar-refractivity contribution in [2.75, 3.05) is 13.1 Å². The van der Waals surface area contributed by atoms with Gasteiger partial charge in [-0.1, -0.05) is 23.7 Å². The highest BCUT2D eigenvalue weighted by atomic mass is 35.5. The first-order valence-corrected chi connectivity index (χ1v) is 8.14. The molecule has 0 spiro atoms. The fourth-order valence-corrected chi connectivity index (χ4v) is 2.79. The zero-order valence-electron chi connectivity index (χ0n) is 13.0. The zero-order valence-corrected chi connectivity index (χ0v) is 13.7. The molecule has 0 aliphatic carbocycles. The van der Waals surface area contributed by atoms with Crippen LogP contribution in [0.2, 0.25) is 5.02 Å². The molecular formula is C17H17ClFN3O2. The maximum Gasteiger partial charge on any atom is 0.316 e. The highest BCUT2D eigenvalue weighted by molar-refractivity contribution is 6.30. The number of amides is 1. The van der Waals surface area contributed by atoms with Gasteiger partial charge in [0.1, 0.15) is 6.10 Å². The van der Waals surface area contributed by atoms with Crippen LogP contribution in [0, 0.1) is 5.82 Å². The first-order valence-electron chi connectivity index (χ1n) is 7.76. The lowest BCUT2D eigenvalue weighted by Crippen LogP contribution is -2.45. The van der Waals surface area contributed by atoms with Gasteiger partial charge in [-0.3, -0.25) is 4.79 Å². The number of likely N-dealkylation sites (tertiary alicyclic amines) is 1. The van der Waals surface area contributed by atoms with Gasteiger partial charge in [-0.2, -0.15) is 0 Å². The van der Waals surface area contributed by atoms with Gasteiger partial charge in [0, 0.05) is 11.6 Å². The van der Waals surface area contributed by atoms with E-state index in [0.29, 0.717) is 24.5 Å². The fourth-order valence-electron chi connectivity index (χ4n) is 2.66. The molecule has 1 atom stereocenters. The topological polar surface area (TPSA) is 55.3 Å². The first-order chi connectivity index (χ1) is 11.6. The monoisotopic (exact) mass is 349 g/mol. The molecule has 7 heteroatoms. The van der Waals surface area contributed by atoms with Crippen molar-refractivity contribution in [2.45, 2.75) is 25.4 Å². The third kappa shape index (κ3) is 4.41. The molecule has 1 unspecified atom stereocenters. The number of hydrogen-bond donors (Lipinski definition) is 0. The minimum absolute atomic E-state index is 0.0469. The molecule has 0 radical (unpaired) electrons. The molecular weight excluding hydrogens is 333 g/mol. The molecule has 1 fully saturated rings. The number of hydrogen-bond acceptors (Lipinski definition) is 4. The summed E-state index contributed by atoms with van der Waals surface area (Å²) in [6.07, 6.45) is 3.93.